The van der Waals surface area contributed by atoms with Crippen molar-refractivity contribution in [2.75, 3.05) is 6.54 Å². The van der Waals surface area contributed by atoms with Crippen LogP contribution >= 0.6 is 34.7 Å². The van der Waals surface area contributed by atoms with Gasteiger partial charge in [-0.1, -0.05) is 59.8 Å². The van der Waals surface area contributed by atoms with Crippen LogP contribution in [0.15, 0.2) is 77.3 Å². The van der Waals surface area contributed by atoms with E-state index in [0.29, 0.717) is 23.1 Å². The summed E-state index contributed by atoms with van der Waals surface area (Å²) in [5.74, 6) is 0.799. The SMILES string of the molecule is C[C@H](Sc1nnc(Cc2ccccc2)n1-c1ccc(Cl)cc1)C(=O)NCCc1cccs1. The van der Waals surface area contributed by atoms with Crippen molar-refractivity contribution in [2.24, 2.45) is 0 Å². The summed E-state index contributed by atoms with van der Waals surface area (Å²) >= 11 is 9.20. The van der Waals surface area contributed by atoms with E-state index in [0.717, 1.165) is 23.5 Å². The Morgan fingerprint density at radius 1 is 1.09 bits per heavy atom. The number of benzene rings is 2. The molecule has 5 nitrogen and oxygen atoms in total. The molecule has 1 atom stereocenters. The van der Waals surface area contributed by atoms with Gasteiger partial charge in [0.05, 0.1) is 5.25 Å². The number of carbonyl (C=O) groups is 1. The van der Waals surface area contributed by atoms with E-state index >= 15 is 0 Å². The van der Waals surface area contributed by atoms with Gasteiger partial charge in [0, 0.05) is 28.6 Å². The summed E-state index contributed by atoms with van der Waals surface area (Å²) < 4.78 is 2.00. The lowest BCUT2D eigenvalue weighted by atomic mass is 10.1. The molecule has 164 valence electrons. The van der Waals surface area contributed by atoms with Crippen LogP contribution < -0.4 is 5.32 Å². The number of halogens is 1. The monoisotopic (exact) mass is 482 g/mol. The second kappa shape index (κ2) is 10.8. The standard InChI is InChI=1S/C24H23ClN4OS2/c1-17(23(30)26-14-13-21-8-5-15-31-21)32-24-28-27-22(16-18-6-3-2-4-7-18)29(24)20-11-9-19(25)10-12-20/h2-12,15,17H,13-14,16H2,1H3,(H,26,30)/t17-/m0/s1. The average Bonchev–Trinajstić information content (AvgIpc) is 3.45. The number of thiophene rings is 1. The first-order valence-corrected chi connectivity index (χ1v) is 12.4. The van der Waals surface area contributed by atoms with E-state index in [1.807, 2.05) is 65.4 Å². The van der Waals surface area contributed by atoms with Crippen molar-refractivity contribution < 1.29 is 4.79 Å². The molecule has 0 aliphatic carbocycles. The van der Waals surface area contributed by atoms with Crippen LogP contribution in [0.5, 0.6) is 0 Å². The van der Waals surface area contributed by atoms with E-state index in [4.69, 9.17) is 11.6 Å². The Labute approximate surface area is 200 Å². The fourth-order valence-corrected chi connectivity index (χ4v) is 4.98. The summed E-state index contributed by atoms with van der Waals surface area (Å²) in [5, 5.41) is 15.0. The summed E-state index contributed by atoms with van der Waals surface area (Å²) in [4.78, 5) is 13.9. The molecule has 32 heavy (non-hydrogen) atoms. The Morgan fingerprint density at radius 3 is 2.59 bits per heavy atom. The first-order valence-electron chi connectivity index (χ1n) is 10.3. The molecule has 1 amide bonds. The average molecular weight is 483 g/mol. The smallest absolute Gasteiger partial charge is 0.233 e. The predicted molar refractivity (Wildman–Crippen MR) is 132 cm³/mol. The number of thioether (sulfide) groups is 1. The number of rotatable bonds is 9. The van der Waals surface area contributed by atoms with E-state index < -0.39 is 0 Å². The predicted octanol–water partition coefficient (Wildman–Crippen LogP) is 5.41. The number of aromatic nitrogens is 3. The summed E-state index contributed by atoms with van der Waals surface area (Å²) in [6.45, 7) is 2.51. The third kappa shape index (κ3) is 5.79. The third-order valence-electron chi connectivity index (χ3n) is 4.89. The van der Waals surface area contributed by atoms with Gasteiger partial charge in [-0.15, -0.1) is 21.5 Å². The van der Waals surface area contributed by atoms with Crippen molar-refractivity contribution in [1.82, 2.24) is 20.1 Å². The molecule has 2 aromatic carbocycles. The maximum Gasteiger partial charge on any atom is 0.233 e. The van der Waals surface area contributed by atoms with E-state index in [9.17, 15) is 4.79 Å². The first kappa shape index (κ1) is 22.6. The van der Waals surface area contributed by atoms with Gasteiger partial charge < -0.3 is 5.32 Å². The quantitative estimate of drug-likeness (QED) is 0.324. The van der Waals surface area contributed by atoms with Gasteiger partial charge in [0.2, 0.25) is 5.91 Å². The summed E-state index contributed by atoms with van der Waals surface area (Å²) in [5.41, 5.74) is 2.06. The molecule has 0 spiro atoms. The van der Waals surface area contributed by atoms with E-state index in [1.165, 1.54) is 16.6 Å². The maximum absolute atomic E-state index is 12.7. The fraction of sp³-hybridized carbons (Fsp3) is 0.208. The zero-order valence-electron chi connectivity index (χ0n) is 17.6. The fourth-order valence-electron chi connectivity index (χ4n) is 3.24. The molecule has 4 aromatic rings. The van der Waals surface area contributed by atoms with Gasteiger partial charge in [0.15, 0.2) is 5.16 Å². The Hall–Kier alpha value is -2.61. The second-order valence-electron chi connectivity index (χ2n) is 7.25. The lowest BCUT2D eigenvalue weighted by Crippen LogP contribution is -2.32. The number of carbonyl (C=O) groups excluding carboxylic acids is 1. The molecule has 1 N–H and O–H groups in total. The van der Waals surface area contributed by atoms with Gasteiger partial charge in [0.1, 0.15) is 5.82 Å². The molecule has 0 saturated carbocycles. The molecule has 0 unspecified atom stereocenters. The zero-order chi connectivity index (χ0) is 22.3. The van der Waals surface area contributed by atoms with Gasteiger partial charge in [-0.2, -0.15) is 0 Å². The van der Waals surface area contributed by atoms with Crippen LogP contribution in [0.1, 0.15) is 23.2 Å². The van der Waals surface area contributed by atoms with Crippen LogP contribution in [0.3, 0.4) is 0 Å². The van der Waals surface area contributed by atoms with Gasteiger partial charge in [-0.05, 0) is 54.6 Å². The lowest BCUT2D eigenvalue weighted by Gasteiger charge is -2.14. The molecular weight excluding hydrogens is 460 g/mol. The number of nitrogens with one attached hydrogen (secondary N) is 1. The normalized spacial score (nSPS) is 11.9. The molecule has 0 bridgehead atoms. The van der Waals surface area contributed by atoms with Gasteiger partial charge >= 0.3 is 0 Å². The molecule has 8 heteroatoms. The van der Waals surface area contributed by atoms with Crippen LogP contribution in [0.4, 0.5) is 0 Å². The highest BCUT2D eigenvalue weighted by Gasteiger charge is 2.21. The van der Waals surface area contributed by atoms with Crippen molar-refractivity contribution in [3.63, 3.8) is 0 Å². The molecule has 0 radical (unpaired) electrons. The van der Waals surface area contributed by atoms with E-state index in [2.05, 4.69) is 33.7 Å². The molecule has 2 aromatic heterocycles. The summed E-state index contributed by atoms with van der Waals surface area (Å²) in [6, 6.07) is 21.8. The second-order valence-corrected chi connectivity index (χ2v) is 10.0. The highest BCUT2D eigenvalue weighted by Crippen LogP contribution is 2.27. The lowest BCUT2D eigenvalue weighted by molar-refractivity contribution is -0.120. The molecule has 0 saturated heterocycles. The summed E-state index contributed by atoms with van der Waals surface area (Å²) in [6.07, 6.45) is 1.47. The third-order valence-corrected chi connectivity index (χ3v) is 7.12. The van der Waals surface area contributed by atoms with Gasteiger partial charge in [-0.3, -0.25) is 9.36 Å². The van der Waals surface area contributed by atoms with E-state index in [1.54, 1.807) is 11.3 Å². The van der Waals surface area contributed by atoms with Crippen LogP contribution in [0, 0.1) is 0 Å². The molecular formula is C24H23ClN4OS2. The number of nitrogens with zero attached hydrogens (tertiary/aromatic N) is 3. The van der Waals surface area contributed by atoms with E-state index in [-0.39, 0.29) is 11.2 Å². The first-order chi connectivity index (χ1) is 15.6. The van der Waals surface area contributed by atoms with Crippen molar-refractivity contribution >= 4 is 40.6 Å². The number of amides is 1. The minimum atomic E-state index is -0.307. The minimum Gasteiger partial charge on any atom is -0.355 e. The van der Waals surface area contributed by atoms with Crippen LogP contribution in [0.2, 0.25) is 5.02 Å². The highest BCUT2D eigenvalue weighted by molar-refractivity contribution is 8.00. The van der Waals surface area contributed by atoms with Crippen molar-refractivity contribution in [3.05, 3.63) is 93.4 Å². The Bertz CT molecular complexity index is 1140. The highest BCUT2D eigenvalue weighted by atomic mass is 35.5. The van der Waals surface area contributed by atoms with Crippen LogP contribution in [-0.2, 0) is 17.6 Å². The van der Waals surface area contributed by atoms with Gasteiger partial charge in [-0.25, -0.2) is 0 Å². The Morgan fingerprint density at radius 2 is 1.88 bits per heavy atom. The topological polar surface area (TPSA) is 59.8 Å². The van der Waals surface area contributed by atoms with Crippen LogP contribution in [0.25, 0.3) is 5.69 Å². The molecule has 4 rings (SSSR count). The largest absolute Gasteiger partial charge is 0.355 e. The molecule has 2 heterocycles. The summed E-state index contributed by atoms with van der Waals surface area (Å²) in [7, 11) is 0. The number of hydrogen-bond donors (Lipinski definition) is 1. The van der Waals surface area contributed by atoms with Crippen LogP contribution in [-0.4, -0.2) is 32.5 Å². The van der Waals surface area contributed by atoms with Crippen molar-refractivity contribution in [2.45, 2.75) is 30.2 Å². The minimum absolute atomic E-state index is 0.0122. The maximum atomic E-state index is 12.7. The Kier molecular flexibility index (Phi) is 7.63. The zero-order valence-corrected chi connectivity index (χ0v) is 20.0. The van der Waals surface area contributed by atoms with Crippen molar-refractivity contribution in [3.8, 4) is 5.69 Å². The molecule has 0 fully saturated rings. The Balaban J connectivity index is 1.50. The van der Waals surface area contributed by atoms with Crippen molar-refractivity contribution in [1.29, 1.82) is 0 Å². The molecule has 0 aliphatic heterocycles. The molecule has 0 aliphatic rings. The number of hydrogen-bond acceptors (Lipinski definition) is 5. The van der Waals surface area contributed by atoms with Gasteiger partial charge in [0.25, 0.3) is 0 Å².